The van der Waals surface area contributed by atoms with Gasteiger partial charge in [-0.3, -0.25) is 0 Å². The Morgan fingerprint density at radius 1 is 0.632 bits per heavy atom. The summed E-state index contributed by atoms with van der Waals surface area (Å²) in [5, 5.41) is 58.5. The Kier molecular flexibility index (Phi) is 2.88. The third kappa shape index (κ3) is 2.21. The van der Waals surface area contributed by atoms with Gasteiger partial charge in [-0.1, -0.05) is 0 Å². The van der Waals surface area contributed by atoms with Gasteiger partial charge >= 0.3 is 0 Å². The second-order valence-electron chi connectivity index (χ2n) is 3.82. The Balaban J connectivity index is 2.39. The fraction of sp³-hybridized carbons (Fsp3) is 0. The molecule has 7 N–H and O–H groups in total. The first-order valence-corrected chi connectivity index (χ1v) is 5.16. The van der Waals surface area contributed by atoms with E-state index >= 15 is 0 Å². The molecule has 0 bridgehead atoms. The van der Waals surface area contributed by atoms with Crippen LogP contribution in [0.5, 0.6) is 34.5 Å². The highest BCUT2D eigenvalue weighted by Crippen LogP contribution is 2.43. The molecule has 0 spiro atoms. The molecule has 0 saturated heterocycles. The van der Waals surface area contributed by atoms with Gasteiger partial charge < -0.3 is 36.0 Å². The second kappa shape index (κ2) is 4.37. The summed E-state index contributed by atoms with van der Waals surface area (Å²) in [6.45, 7) is 0. The van der Waals surface area contributed by atoms with Crippen molar-refractivity contribution in [3.05, 3.63) is 24.3 Å². The molecule has 100 valence electrons. The summed E-state index contributed by atoms with van der Waals surface area (Å²) in [6, 6.07) is 4.65. The molecule has 0 aliphatic heterocycles. The smallest absolute Gasteiger partial charge is 0.202 e. The van der Waals surface area contributed by atoms with Gasteiger partial charge in [-0.15, -0.1) is 0 Å². The lowest BCUT2D eigenvalue weighted by atomic mass is 10.2. The lowest BCUT2D eigenvalue weighted by Crippen LogP contribution is -1.91. The van der Waals surface area contributed by atoms with Crippen LogP contribution in [0.1, 0.15) is 0 Å². The average molecular weight is 265 g/mol. The molecule has 0 aliphatic rings. The van der Waals surface area contributed by atoms with Gasteiger partial charge in [0.15, 0.2) is 28.7 Å². The molecule has 0 heterocycles. The number of nitrogens with one attached hydrogen (secondary N) is 1. The number of anilines is 2. The van der Waals surface area contributed by atoms with E-state index < -0.39 is 34.5 Å². The topological polar surface area (TPSA) is 133 Å². The maximum Gasteiger partial charge on any atom is 0.202 e. The summed E-state index contributed by atoms with van der Waals surface area (Å²) in [6.07, 6.45) is 0. The standard InChI is InChI=1S/C12H11NO6/c14-7-2-1-6(10(17)12(7)19)13-5-3-8(15)11(18)9(16)4-5/h1-4,13-19H. The molecule has 0 aliphatic carbocycles. The van der Waals surface area contributed by atoms with Gasteiger partial charge in [0, 0.05) is 17.8 Å². The Bertz CT molecular complexity index is 617. The zero-order valence-corrected chi connectivity index (χ0v) is 9.49. The van der Waals surface area contributed by atoms with Crippen molar-refractivity contribution >= 4 is 11.4 Å². The molecule has 0 unspecified atom stereocenters. The van der Waals surface area contributed by atoms with E-state index in [0.29, 0.717) is 0 Å². The van der Waals surface area contributed by atoms with Crippen molar-refractivity contribution in [2.45, 2.75) is 0 Å². The van der Waals surface area contributed by atoms with Crippen molar-refractivity contribution in [1.82, 2.24) is 0 Å². The van der Waals surface area contributed by atoms with Crippen molar-refractivity contribution in [3.63, 3.8) is 0 Å². The number of rotatable bonds is 2. The van der Waals surface area contributed by atoms with Gasteiger partial charge in [0.25, 0.3) is 0 Å². The summed E-state index contributed by atoms with van der Waals surface area (Å²) in [4.78, 5) is 0. The largest absolute Gasteiger partial charge is 0.504 e. The van der Waals surface area contributed by atoms with E-state index in [9.17, 15) is 25.5 Å². The molecule has 19 heavy (non-hydrogen) atoms. The van der Waals surface area contributed by atoms with Crippen molar-refractivity contribution in [3.8, 4) is 34.5 Å². The van der Waals surface area contributed by atoms with E-state index in [1.165, 1.54) is 6.07 Å². The fourth-order valence-corrected chi connectivity index (χ4v) is 1.50. The lowest BCUT2D eigenvalue weighted by molar-refractivity contribution is 0.368. The van der Waals surface area contributed by atoms with Crippen molar-refractivity contribution in [1.29, 1.82) is 0 Å². The van der Waals surface area contributed by atoms with E-state index in [1.54, 1.807) is 0 Å². The number of benzene rings is 2. The molecule has 2 aromatic carbocycles. The van der Waals surface area contributed by atoms with Crippen LogP contribution < -0.4 is 5.32 Å². The van der Waals surface area contributed by atoms with Crippen LogP contribution in [0, 0.1) is 0 Å². The van der Waals surface area contributed by atoms with Crippen molar-refractivity contribution in [2.24, 2.45) is 0 Å². The maximum absolute atomic E-state index is 9.59. The Hall–Kier alpha value is -2.96. The van der Waals surface area contributed by atoms with Crippen molar-refractivity contribution in [2.75, 3.05) is 5.32 Å². The van der Waals surface area contributed by atoms with Crippen LogP contribution in [0.15, 0.2) is 24.3 Å². The molecule has 0 radical (unpaired) electrons. The third-order valence-corrected chi connectivity index (χ3v) is 2.48. The first-order chi connectivity index (χ1) is 8.90. The normalized spacial score (nSPS) is 10.3. The van der Waals surface area contributed by atoms with Crippen LogP contribution in [0.4, 0.5) is 11.4 Å². The molecule has 2 rings (SSSR count). The number of hydrogen-bond acceptors (Lipinski definition) is 7. The first kappa shape index (κ1) is 12.5. The van der Waals surface area contributed by atoms with Crippen LogP contribution in [-0.4, -0.2) is 30.6 Å². The molecular weight excluding hydrogens is 254 g/mol. The van der Waals surface area contributed by atoms with Crippen molar-refractivity contribution < 1.29 is 30.6 Å². The SMILES string of the molecule is Oc1cc(Nc2ccc(O)c(O)c2O)cc(O)c1O. The predicted octanol–water partition coefficient (Wildman–Crippen LogP) is 1.66. The molecule has 7 nitrogen and oxygen atoms in total. The number of hydrogen-bond donors (Lipinski definition) is 7. The van der Waals surface area contributed by atoms with Gasteiger partial charge in [0.1, 0.15) is 0 Å². The molecule has 0 aromatic heterocycles. The minimum Gasteiger partial charge on any atom is -0.504 e. The fourth-order valence-electron chi connectivity index (χ4n) is 1.50. The summed E-state index contributed by atoms with van der Waals surface area (Å²) in [7, 11) is 0. The molecule has 0 atom stereocenters. The molecule has 2 aromatic rings. The van der Waals surface area contributed by atoms with Crippen LogP contribution in [0.3, 0.4) is 0 Å². The highest BCUT2D eigenvalue weighted by Gasteiger charge is 2.13. The van der Waals surface area contributed by atoms with E-state index in [1.807, 2.05) is 0 Å². The summed E-state index contributed by atoms with van der Waals surface area (Å²) >= 11 is 0. The van der Waals surface area contributed by atoms with E-state index in [4.69, 9.17) is 5.11 Å². The average Bonchev–Trinajstić information content (AvgIpc) is 2.36. The number of phenolic OH excluding ortho intramolecular Hbond substituents is 6. The highest BCUT2D eigenvalue weighted by molar-refractivity contribution is 5.74. The van der Waals surface area contributed by atoms with Gasteiger partial charge in [-0.25, -0.2) is 0 Å². The predicted molar refractivity (Wildman–Crippen MR) is 66.2 cm³/mol. The lowest BCUT2D eigenvalue weighted by Gasteiger charge is -2.11. The van der Waals surface area contributed by atoms with Crippen LogP contribution in [-0.2, 0) is 0 Å². The quantitative estimate of drug-likeness (QED) is 0.324. The highest BCUT2D eigenvalue weighted by atomic mass is 16.3. The summed E-state index contributed by atoms with van der Waals surface area (Å²) in [5.41, 5.74) is 0.202. The molecule has 0 saturated carbocycles. The van der Waals surface area contributed by atoms with E-state index in [2.05, 4.69) is 5.32 Å². The minimum atomic E-state index is -0.697. The van der Waals surface area contributed by atoms with Crippen LogP contribution >= 0.6 is 0 Å². The van der Waals surface area contributed by atoms with Gasteiger partial charge in [-0.05, 0) is 12.1 Å². The Labute approximate surface area is 107 Å². The maximum atomic E-state index is 9.59. The summed E-state index contributed by atoms with van der Waals surface area (Å²) in [5.74, 6) is -3.54. The molecular formula is C12H11NO6. The molecule has 7 heteroatoms. The van der Waals surface area contributed by atoms with Gasteiger partial charge in [0.2, 0.25) is 5.75 Å². The first-order valence-electron chi connectivity index (χ1n) is 5.16. The second-order valence-corrected chi connectivity index (χ2v) is 3.82. The molecule has 0 amide bonds. The van der Waals surface area contributed by atoms with Gasteiger partial charge in [-0.2, -0.15) is 0 Å². The molecule has 0 fully saturated rings. The number of aromatic hydroxyl groups is 6. The van der Waals surface area contributed by atoms with Crippen LogP contribution in [0.2, 0.25) is 0 Å². The van der Waals surface area contributed by atoms with E-state index in [0.717, 1.165) is 18.2 Å². The van der Waals surface area contributed by atoms with Gasteiger partial charge in [0.05, 0.1) is 5.69 Å². The zero-order chi connectivity index (χ0) is 14.2. The third-order valence-electron chi connectivity index (χ3n) is 2.48. The monoisotopic (exact) mass is 265 g/mol. The zero-order valence-electron chi connectivity index (χ0n) is 9.49. The Morgan fingerprint density at radius 2 is 1.21 bits per heavy atom. The Morgan fingerprint density at radius 3 is 1.79 bits per heavy atom. The summed E-state index contributed by atoms with van der Waals surface area (Å²) < 4.78 is 0. The van der Waals surface area contributed by atoms with Crippen LogP contribution in [0.25, 0.3) is 0 Å². The minimum absolute atomic E-state index is 0.0415. The number of phenols is 6. The van der Waals surface area contributed by atoms with E-state index in [-0.39, 0.29) is 11.4 Å².